The molecule has 0 saturated carbocycles. The molecule has 0 spiro atoms. The van der Waals surface area contributed by atoms with Crippen molar-refractivity contribution in [2.45, 2.75) is 13.0 Å². The van der Waals surface area contributed by atoms with Gasteiger partial charge in [-0.05, 0) is 6.92 Å². The summed E-state index contributed by atoms with van der Waals surface area (Å²) < 4.78 is 6.57. The first-order chi connectivity index (χ1) is 8.04. The van der Waals surface area contributed by atoms with Gasteiger partial charge in [0.1, 0.15) is 11.6 Å². The molecule has 0 fully saturated rings. The number of nitrogens with zero attached hydrogens (tertiary/aromatic N) is 3. The third-order valence-electron chi connectivity index (χ3n) is 2.42. The molecule has 2 heterocycles. The molecule has 0 aliphatic carbocycles. The van der Waals surface area contributed by atoms with E-state index in [1.807, 2.05) is 0 Å². The molecule has 0 bridgehead atoms. The van der Waals surface area contributed by atoms with Crippen LogP contribution < -0.4 is 5.73 Å². The molecule has 17 heavy (non-hydrogen) atoms. The van der Waals surface area contributed by atoms with Crippen molar-refractivity contribution < 1.29 is 9.53 Å². The first-order valence-corrected chi connectivity index (χ1v) is 5.25. The molecule has 1 atom stereocenters. The van der Waals surface area contributed by atoms with Crippen LogP contribution in [0, 0.1) is 4.64 Å². The highest BCUT2D eigenvalue weighted by Crippen LogP contribution is 2.18. The molecule has 0 aliphatic rings. The predicted molar refractivity (Wildman–Crippen MR) is 63.9 cm³/mol. The smallest absolute Gasteiger partial charge is 0.328 e. The first kappa shape index (κ1) is 11.5. The molecule has 3 N–H and O–H groups in total. The minimum atomic E-state index is -0.523. The van der Waals surface area contributed by atoms with Crippen molar-refractivity contribution in [1.82, 2.24) is 19.5 Å². The molecule has 7 nitrogen and oxygen atoms in total. The van der Waals surface area contributed by atoms with E-state index >= 15 is 0 Å². The second-order valence-electron chi connectivity index (χ2n) is 3.48. The number of anilines is 1. The van der Waals surface area contributed by atoms with Crippen molar-refractivity contribution in [3.8, 4) is 0 Å². The van der Waals surface area contributed by atoms with E-state index in [1.165, 1.54) is 13.4 Å². The summed E-state index contributed by atoms with van der Waals surface area (Å²) in [6.45, 7) is 1.69. The van der Waals surface area contributed by atoms with Crippen molar-refractivity contribution in [2.75, 3.05) is 12.8 Å². The lowest BCUT2D eigenvalue weighted by Crippen LogP contribution is -2.17. The van der Waals surface area contributed by atoms with E-state index < -0.39 is 6.04 Å². The zero-order valence-electron chi connectivity index (χ0n) is 9.30. The zero-order valence-corrected chi connectivity index (χ0v) is 10.1. The summed E-state index contributed by atoms with van der Waals surface area (Å²) in [5.74, 6) is -0.186. The fourth-order valence-corrected chi connectivity index (χ4v) is 1.85. The van der Waals surface area contributed by atoms with Gasteiger partial charge in [0.15, 0.2) is 10.3 Å². The molecule has 2 aromatic heterocycles. The van der Waals surface area contributed by atoms with Crippen LogP contribution in [0.1, 0.15) is 13.0 Å². The van der Waals surface area contributed by atoms with Gasteiger partial charge in [-0.2, -0.15) is 0 Å². The Hall–Kier alpha value is -1.96. The van der Waals surface area contributed by atoms with Crippen LogP contribution in [-0.2, 0) is 9.53 Å². The molecule has 0 amide bonds. The Morgan fingerprint density at radius 3 is 3.06 bits per heavy atom. The van der Waals surface area contributed by atoms with Gasteiger partial charge in [-0.1, -0.05) is 12.2 Å². The number of hydrogen-bond donors (Lipinski definition) is 2. The number of nitrogen functional groups attached to an aromatic ring is 1. The van der Waals surface area contributed by atoms with Gasteiger partial charge in [0.2, 0.25) is 5.95 Å². The molecule has 2 rings (SSSR count). The number of rotatable bonds is 2. The maximum Gasteiger partial charge on any atom is 0.328 e. The van der Waals surface area contributed by atoms with E-state index in [1.54, 1.807) is 11.5 Å². The summed E-state index contributed by atoms with van der Waals surface area (Å²) in [6, 6.07) is -0.523. The normalized spacial score (nSPS) is 12.6. The van der Waals surface area contributed by atoms with Crippen molar-refractivity contribution in [3.63, 3.8) is 0 Å². The summed E-state index contributed by atoms with van der Waals surface area (Å²) in [7, 11) is 1.33. The SMILES string of the molecule is COC(=O)[C@@H](C)n1cnc2[nH]c(N)nc(=S)c21. The quantitative estimate of drug-likeness (QED) is 0.607. The fourth-order valence-electron chi connectivity index (χ4n) is 1.55. The number of fused-ring (bicyclic) bond motifs is 1. The number of ether oxygens (including phenoxy) is 1. The Labute approximate surface area is 102 Å². The van der Waals surface area contributed by atoms with Gasteiger partial charge >= 0.3 is 5.97 Å². The molecular weight excluding hydrogens is 242 g/mol. The topological polar surface area (TPSA) is 98.8 Å². The lowest BCUT2D eigenvalue weighted by molar-refractivity contribution is -0.143. The van der Waals surface area contributed by atoms with Crippen molar-refractivity contribution >= 4 is 35.3 Å². The minimum Gasteiger partial charge on any atom is -0.467 e. The van der Waals surface area contributed by atoms with Gasteiger partial charge in [0.05, 0.1) is 13.4 Å². The number of nitrogens with two attached hydrogens (primary N) is 1. The molecule has 0 radical (unpaired) electrons. The number of carbonyl (C=O) groups is 1. The molecule has 8 heteroatoms. The van der Waals surface area contributed by atoms with Crippen LogP contribution in [0.4, 0.5) is 5.95 Å². The number of methoxy groups -OCH3 is 1. The summed E-state index contributed by atoms with van der Waals surface area (Å²) in [5, 5.41) is 0. The molecule has 0 unspecified atom stereocenters. The highest BCUT2D eigenvalue weighted by atomic mass is 32.1. The summed E-state index contributed by atoms with van der Waals surface area (Å²) in [5.41, 5.74) is 6.58. The lowest BCUT2D eigenvalue weighted by atomic mass is 10.3. The monoisotopic (exact) mass is 253 g/mol. The third-order valence-corrected chi connectivity index (χ3v) is 2.71. The zero-order chi connectivity index (χ0) is 12.6. The predicted octanol–water partition coefficient (Wildman–Crippen LogP) is 0.805. The number of hydrogen-bond acceptors (Lipinski definition) is 6. The largest absolute Gasteiger partial charge is 0.467 e. The van der Waals surface area contributed by atoms with Gasteiger partial charge < -0.3 is 20.0 Å². The summed E-state index contributed by atoms with van der Waals surface area (Å²) in [4.78, 5) is 22.3. The van der Waals surface area contributed by atoms with Crippen LogP contribution in [0.3, 0.4) is 0 Å². The minimum absolute atomic E-state index is 0.193. The Bertz CT molecular complexity index is 632. The lowest BCUT2D eigenvalue weighted by Gasteiger charge is -2.11. The van der Waals surface area contributed by atoms with Gasteiger partial charge in [-0.25, -0.2) is 14.8 Å². The number of carbonyl (C=O) groups excluding carboxylic acids is 1. The summed E-state index contributed by atoms with van der Waals surface area (Å²) in [6.07, 6.45) is 1.50. The Balaban J connectivity index is 2.64. The van der Waals surface area contributed by atoms with E-state index in [4.69, 9.17) is 18.0 Å². The van der Waals surface area contributed by atoms with E-state index in [-0.39, 0.29) is 11.9 Å². The molecule has 2 aromatic rings. The maximum atomic E-state index is 11.5. The standard InChI is InChI=1S/C9H11N5O2S/c1-4(8(15)16-2)14-3-11-6-5(14)7(17)13-9(10)12-6/h3-4H,1-2H3,(H3,10,12,13,17)/t4-/m1/s1. The number of esters is 1. The Kier molecular flexibility index (Phi) is 2.80. The Morgan fingerprint density at radius 1 is 1.71 bits per heavy atom. The highest BCUT2D eigenvalue weighted by Gasteiger charge is 2.19. The number of nitrogens with one attached hydrogen (secondary N) is 1. The average Bonchev–Trinajstić information content (AvgIpc) is 2.70. The van der Waals surface area contributed by atoms with E-state index in [0.717, 1.165) is 0 Å². The first-order valence-electron chi connectivity index (χ1n) is 4.84. The van der Waals surface area contributed by atoms with Crippen LogP contribution in [0.15, 0.2) is 6.33 Å². The highest BCUT2D eigenvalue weighted by molar-refractivity contribution is 7.71. The fraction of sp³-hybridized carbons (Fsp3) is 0.333. The number of aromatic nitrogens is 4. The van der Waals surface area contributed by atoms with Gasteiger partial charge in [-0.15, -0.1) is 0 Å². The number of imidazole rings is 1. The van der Waals surface area contributed by atoms with Crippen LogP contribution in [0.5, 0.6) is 0 Å². The number of H-pyrrole nitrogens is 1. The number of aromatic amines is 1. The van der Waals surface area contributed by atoms with Gasteiger partial charge in [-0.3, -0.25) is 0 Å². The molecular formula is C9H11N5O2S. The van der Waals surface area contributed by atoms with E-state index in [2.05, 4.69) is 19.7 Å². The van der Waals surface area contributed by atoms with E-state index in [0.29, 0.717) is 15.8 Å². The van der Waals surface area contributed by atoms with Crippen molar-refractivity contribution in [1.29, 1.82) is 0 Å². The maximum absolute atomic E-state index is 11.5. The molecule has 90 valence electrons. The van der Waals surface area contributed by atoms with E-state index in [9.17, 15) is 4.79 Å². The van der Waals surface area contributed by atoms with Crippen LogP contribution in [-0.4, -0.2) is 32.6 Å². The second-order valence-corrected chi connectivity index (χ2v) is 3.86. The van der Waals surface area contributed by atoms with Crippen molar-refractivity contribution in [2.24, 2.45) is 0 Å². The second kappa shape index (κ2) is 4.13. The molecule has 0 saturated heterocycles. The van der Waals surface area contributed by atoms with Crippen molar-refractivity contribution in [3.05, 3.63) is 11.0 Å². The van der Waals surface area contributed by atoms with Gasteiger partial charge in [0, 0.05) is 0 Å². The van der Waals surface area contributed by atoms with Crippen LogP contribution in [0.25, 0.3) is 11.2 Å². The molecule has 0 aliphatic heterocycles. The van der Waals surface area contributed by atoms with Crippen LogP contribution in [0.2, 0.25) is 0 Å². The third kappa shape index (κ3) is 1.86. The summed E-state index contributed by atoms with van der Waals surface area (Å²) >= 11 is 5.10. The Morgan fingerprint density at radius 2 is 2.41 bits per heavy atom. The van der Waals surface area contributed by atoms with Gasteiger partial charge in [0.25, 0.3) is 0 Å². The molecule has 0 aromatic carbocycles. The average molecular weight is 253 g/mol. The van der Waals surface area contributed by atoms with Crippen LogP contribution >= 0.6 is 12.2 Å².